The van der Waals surface area contributed by atoms with Gasteiger partial charge in [-0.3, -0.25) is 0 Å². The van der Waals surface area contributed by atoms with Crippen LogP contribution in [0.5, 0.6) is 17.2 Å². The predicted molar refractivity (Wildman–Crippen MR) is 106 cm³/mol. The van der Waals surface area contributed by atoms with Gasteiger partial charge < -0.3 is 19.3 Å². The summed E-state index contributed by atoms with van der Waals surface area (Å²) in [6.07, 6.45) is -5.27. The first-order valence-electron chi connectivity index (χ1n) is 9.28. The summed E-state index contributed by atoms with van der Waals surface area (Å²) in [6, 6.07) is 20.0. The van der Waals surface area contributed by atoms with Crippen LogP contribution in [0.15, 0.2) is 72.8 Å². The summed E-state index contributed by atoms with van der Waals surface area (Å²) in [5.41, 5.74) is 1.86. The Morgan fingerprint density at radius 3 is 2.07 bits per heavy atom. The minimum atomic E-state index is -4.76. The largest absolute Gasteiger partial charge is 0.573 e. The summed E-state index contributed by atoms with van der Waals surface area (Å²) in [5.74, 6) is 0.904. The Bertz CT molecular complexity index is 936. The Kier molecular flexibility index (Phi) is 6.97. The molecular formula is C23H21F3O4. The molecule has 0 spiro atoms. The van der Waals surface area contributed by atoms with Gasteiger partial charge in [0.25, 0.3) is 0 Å². The minimum Gasteiger partial charge on any atom is -0.457 e. The fraction of sp³-hybridized carbons (Fsp3) is 0.217. The van der Waals surface area contributed by atoms with Crippen LogP contribution >= 0.6 is 0 Å². The Hall–Kier alpha value is -3.03. The van der Waals surface area contributed by atoms with E-state index in [-0.39, 0.29) is 12.4 Å². The second-order valence-corrected chi connectivity index (χ2v) is 6.68. The zero-order valence-electron chi connectivity index (χ0n) is 16.2. The van der Waals surface area contributed by atoms with E-state index in [1.54, 1.807) is 55.5 Å². The number of halogens is 3. The molecule has 158 valence electrons. The monoisotopic (exact) mass is 418 g/mol. The highest BCUT2D eigenvalue weighted by Gasteiger charge is 2.32. The lowest BCUT2D eigenvalue weighted by atomic mass is 10.0. The van der Waals surface area contributed by atoms with E-state index in [4.69, 9.17) is 9.47 Å². The molecule has 0 bridgehead atoms. The summed E-state index contributed by atoms with van der Waals surface area (Å²) in [6.45, 7) is 2.31. The number of aliphatic hydroxyl groups is 1. The van der Waals surface area contributed by atoms with Crippen LogP contribution in [-0.2, 0) is 11.3 Å². The Labute approximate surface area is 172 Å². The van der Waals surface area contributed by atoms with Crippen LogP contribution in [0, 0.1) is 0 Å². The van der Waals surface area contributed by atoms with Crippen LogP contribution in [0.25, 0.3) is 11.1 Å². The van der Waals surface area contributed by atoms with Gasteiger partial charge in [0.1, 0.15) is 17.2 Å². The third-order valence-electron chi connectivity index (χ3n) is 4.06. The number of ether oxygens (including phenoxy) is 3. The van der Waals surface area contributed by atoms with Gasteiger partial charge >= 0.3 is 6.36 Å². The van der Waals surface area contributed by atoms with Gasteiger partial charge in [-0.2, -0.15) is 0 Å². The van der Waals surface area contributed by atoms with E-state index in [0.717, 1.165) is 5.56 Å². The van der Waals surface area contributed by atoms with Gasteiger partial charge in [-0.25, -0.2) is 0 Å². The molecule has 0 radical (unpaired) electrons. The van der Waals surface area contributed by atoms with E-state index in [9.17, 15) is 18.3 Å². The molecule has 7 heteroatoms. The Balaban J connectivity index is 1.66. The highest BCUT2D eigenvalue weighted by Crippen LogP contribution is 2.34. The molecule has 0 heterocycles. The Morgan fingerprint density at radius 1 is 0.867 bits per heavy atom. The number of para-hydroxylation sites is 1. The molecule has 0 aromatic heterocycles. The maximum Gasteiger partial charge on any atom is 0.573 e. The van der Waals surface area contributed by atoms with Gasteiger partial charge in [-0.15, -0.1) is 13.2 Å². The van der Waals surface area contributed by atoms with Crippen molar-refractivity contribution < 1.29 is 32.5 Å². The molecule has 0 saturated carbocycles. The maximum atomic E-state index is 12.6. The predicted octanol–water partition coefficient (Wildman–Crippen LogP) is 5.94. The molecule has 3 aromatic rings. The lowest BCUT2D eigenvalue weighted by Crippen LogP contribution is -2.17. The minimum absolute atomic E-state index is 0.257. The molecular weight excluding hydrogens is 397 g/mol. The van der Waals surface area contributed by atoms with E-state index in [0.29, 0.717) is 29.2 Å². The first kappa shape index (κ1) is 21.7. The van der Waals surface area contributed by atoms with Gasteiger partial charge in [-0.1, -0.05) is 42.5 Å². The molecule has 3 aromatic carbocycles. The first-order chi connectivity index (χ1) is 14.3. The number of benzene rings is 3. The third-order valence-corrected chi connectivity index (χ3v) is 4.06. The molecule has 3 rings (SSSR count). The molecule has 0 saturated heterocycles. The zero-order valence-corrected chi connectivity index (χ0v) is 16.2. The molecule has 1 atom stereocenters. The molecule has 1 unspecified atom stereocenters. The fourth-order valence-electron chi connectivity index (χ4n) is 2.76. The standard InChI is InChI=1S/C23H21F3O4/c1-16(27)14-28-15-17-6-10-19(11-7-17)29-20-12-8-18(9-13-20)21-4-2-3-5-22(21)30-23(24,25)26/h2-13,16,27H,14-15H2,1H3. The van der Waals surface area contributed by atoms with Gasteiger partial charge in [-0.05, 0) is 48.4 Å². The number of alkyl halides is 3. The number of aliphatic hydroxyl groups excluding tert-OH is 1. The summed E-state index contributed by atoms with van der Waals surface area (Å²) in [7, 11) is 0. The summed E-state index contributed by atoms with van der Waals surface area (Å²) >= 11 is 0. The molecule has 0 aliphatic rings. The molecule has 0 fully saturated rings. The van der Waals surface area contributed by atoms with Crippen molar-refractivity contribution in [3.63, 3.8) is 0 Å². The SMILES string of the molecule is CC(O)COCc1ccc(Oc2ccc(-c3ccccc3OC(F)(F)F)cc2)cc1. The van der Waals surface area contributed by atoms with E-state index < -0.39 is 12.5 Å². The highest BCUT2D eigenvalue weighted by atomic mass is 19.4. The number of rotatable bonds is 8. The van der Waals surface area contributed by atoms with Crippen LogP contribution in [0.4, 0.5) is 13.2 Å². The van der Waals surface area contributed by atoms with E-state index in [1.807, 2.05) is 12.1 Å². The number of hydrogen-bond donors (Lipinski definition) is 1. The van der Waals surface area contributed by atoms with Crippen molar-refractivity contribution in [3.8, 4) is 28.4 Å². The molecule has 1 N–H and O–H groups in total. The van der Waals surface area contributed by atoms with Crippen LogP contribution < -0.4 is 9.47 Å². The van der Waals surface area contributed by atoms with Crippen molar-refractivity contribution in [2.45, 2.75) is 26.0 Å². The summed E-state index contributed by atoms with van der Waals surface area (Å²) < 4.78 is 53.1. The van der Waals surface area contributed by atoms with E-state index in [2.05, 4.69) is 4.74 Å². The van der Waals surface area contributed by atoms with Gasteiger partial charge in [0.15, 0.2) is 0 Å². The first-order valence-corrected chi connectivity index (χ1v) is 9.28. The maximum absolute atomic E-state index is 12.6. The van der Waals surface area contributed by atoms with Gasteiger partial charge in [0.05, 0.1) is 19.3 Å². The molecule has 0 aliphatic carbocycles. The van der Waals surface area contributed by atoms with Crippen molar-refractivity contribution in [1.82, 2.24) is 0 Å². The van der Waals surface area contributed by atoms with Crippen molar-refractivity contribution in [2.75, 3.05) is 6.61 Å². The second kappa shape index (κ2) is 9.65. The van der Waals surface area contributed by atoms with Crippen molar-refractivity contribution in [1.29, 1.82) is 0 Å². The average Bonchev–Trinajstić information content (AvgIpc) is 2.69. The lowest BCUT2D eigenvalue weighted by Gasteiger charge is -2.13. The van der Waals surface area contributed by atoms with E-state index >= 15 is 0 Å². The molecule has 0 aliphatic heterocycles. The normalized spacial score (nSPS) is 12.4. The molecule has 30 heavy (non-hydrogen) atoms. The summed E-state index contributed by atoms with van der Waals surface area (Å²) in [5, 5.41) is 9.19. The lowest BCUT2D eigenvalue weighted by molar-refractivity contribution is -0.274. The van der Waals surface area contributed by atoms with E-state index in [1.165, 1.54) is 12.1 Å². The van der Waals surface area contributed by atoms with Crippen LogP contribution in [-0.4, -0.2) is 24.2 Å². The highest BCUT2D eigenvalue weighted by molar-refractivity contribution is 5.70. The Morgan fingerprint density at radius 2 is 1.47 bits per heavy atom. The topological polar surface area (TPSA) is 47.9 Å². The number of hydrogen-bond acceptors (Lipinski definition) is 4. The zero-order chi connectivity index (χ0) is 21.6. The smallest absolute Gasteiger partial charge is 0.457 e. The van der Waals surface area contributed by atoms with Crippen LogP contribution in [0.3, 0.4) is 0 Å². The fourth-order valence-corrected chi connectivity index (χ4v) is 2.76. The van der Waals surface area contributed by atoms with Crippen LogP contribution in [0.2, 0.25) is 0 Å². The molecule has 4 nitrogen and oxygen atoms in total. The third kappa shape index (κ3) is 6.50. The van der Waals surface area contributed by atoms with Gasteiger partial charge in [0, 0.05) is 5.56 Å². The second-order valence-electron chi connectivity index (χ2n) is 6.68. The average molecular weight is 418 g/mol. The van der Waals surface area contributed by atoms with Crippen molar-refractivity contribution >= 4 is 0 Å². The molecule has 0 amide bonds. The van der Waals surface area contributed by atoms with Crippen molar-refractivity contribution in [2.24, 2.45) is 0 Å². The summed E-state index contributed by atoms with van der Waals surface area (Å²) in [4.78, 5) is 0. The van der Waals surface area contributed by atoms with Gasteiger partial charge in [0.2, 0.25) is 0 Å². The quantitative estimate of drug-likeness (QED) is 0.492. The van der Waals surface area contributed by atoms with Crippen molar-refractivity contribution in [3.05, 3.63) is 78.4 Å². The van der Waals surface area contributed by atoms with Crippen LogP contribution in [0.1, 0.15) is 12.5 Å².